The SMILES string of the molecule is COC1=C(C(=O)O)N2C(=O)C[C@H]2S1. The number of nitrogens with zero attached hydrogens (tertiary/aromatic N) is 1. The van der Waals surface area contributed by atoms with Gasteiger partial charge < -0.3 is 9.84 Å². The van der Waals surface area contributed by atoms with Gasteiger partial charge in [0, 0.05) is 0 Å². The number of hydrogen-bond acceptors (Lipinski definition) is 4. The van der Waals surface area contributed by atoms with Crippen molar-refractivity contribution >= 4 is 23.6 Å². The van der Waals surface area contributed by atoms with Crippen LogP contribution in [0.3, 0.4) is 0 Å². The zero-order valence-corrected chi connectivity index (χ0v) is 7.63. The van der Waals surface area contributed by atoms with Crippen LogP contribution in [0.4, 0.5) is 0 Å². The lowest BCUT2D eigenvalue weighted by Gasteiger charge is -2.33. The number of thioether (sulfide) groups is 1. The van der Waals surface area contributed by atoms with Gasteiger partial charge in [0.15, 0.2) is 10.8 Å². The number of amides is 1. The summed E-state index contributed by atoms with van der Waals surface area (Å²) in [5, 5.41) is 9.07. The molecule has 1 atom stereocenters. The summed E-state index contributed by atoms with van der Waals surface area (Å²) in [5.41, 5.74) is -0.0197. The molecule has 70 valence electrons. The fourth-order valence-electron chi connectivity index (χ4n) is 1.36. The van der Waals surface area contributed by atoms with Gasteiger partial charge in [0.05, 0.1) is 18.9 Å². The van der Waals surface area contributed by atoms with Crippen molar-refractivity contribution in [2.24, 2.45) is 0 Å². The first-order valence-corrected chi connectivity index (χ1v) is 4.53. The van der Waals surface area contributed by atoms with Crippen molar-refractivity contribution in [2.75, 3.05) is 7.11 Å². The van der Waals surface area contributed by atoms with Crippen LogP contribution in [0.5, 0.6) is 0 Å². The molecule has 0 aromatic heterocycles. The summed E-state index contributed by atoms with van der Waals surface area (Å²) in [5.74, 6) is -1.26. The van der Waals surface area contributed by atoms with Crippen LogP contribution in [0.25, 0.3) is 0 Å². The summed E-state index contributed by atoms with van der Waals surface area (Å²) >= 11 is 1.28. The van der Waals surface area contributed by atoms with Gasteiger partial charge in [0.25, 0.3) is 0 Å². The molecule has 0 aromatic carbocycles. The zero-order chi connectivity index (χ0) is 9.59. The number of carbonyl (C=O) groups is 2. The Balaban J connectivity index is 2.34. The summed E-state index contributed by atoms with van der Waals surface area (Å²) < 4.78 is 4.88. The van der Waals surface area contributed by atoms with E-state index in [1.807, 2.05) is 0 Å². The topological polar surface area (TPSA) is 66.8 Å². The second-order valence-electron chi connectivity index (χ2n) is 2.69. The highest BCUT2D eigenvalue weighted by atomic mass is 32.2. The monoisotopic (exact) mass is 201 g/mol. The number of fused-ring (bicyclic) bond motifs is 1. The van der Waals surface area contributed by atoms with E-state index in [1.54, 1.807) is 0 Å². The molecule has 1 amide bonds. The smallest absolute Gasteiger partial charge is 0.357 e. The van der Waals surface area contributed by atoms with Gasteiger partial charge >= 0.3 is 5.97 Å². The predicted molar refractivity (Wildman–Crippen MR) is 44.5 cm³/mol. The molecule has 13 heavy (non-hydrogen) atoms. The third-order valence-corrected chi connectivity index (χ3v) is 3.19. The number of ether oxygens (including phenoxy) is 1. The number of hydrogen-bond donors (Lipinski definition) is 1. The van der Waals surface area contributed by atoms with Crippen LogP contribution in [0.15, 0.2) is 10.8 Å². The Hall–Kier alpha value is -1.17. The Morgan fingerprint density at radius 1 is 1.77 bits per heavy atom. The first-order chi connectivity index (χ1) is 6.15. The van der Waals surface area contributed by atoms with Gasteiger partial charge in [-0.05, 0) is 0 Å². The molecule has 0 unspecified atom stereocenters. The molecule has 0 aliphatic carbocycles. The first kappa shape index (κ1) is 8.43. The van der Waals surface area contributed by atoms with Crippen LogP contribution < -0.4 is 0 Å². The molecule has 1 saturated heterocycles. The second kappa shape index (κ2) is 2.66. The van der Waals surface area contributed by atoms with Crippen LogP contribution >= 0.6 is 11.8 Å². The van der Waals surface area contributed by atoms with Gasteiger partial charge in [-0.1, -0.05) is 11.8 Å². The maximum Gasteiger partial charge on any atom is 0.357 e. The standard InChI is InChI=1S/C7H7NO4S/c1-12-7-5(6(10)11)8-3(9)2-4(8)13-7/h4H,2H2,1H3,(H,10,11)/t4-/m1/s1. The number of carboxylic acids is 1. The van der Waals surface area contributed by atoms with E-state index in [4.69, 9.17) is 9.84 Å². The fourth-order valence-corrected chi connectivity index (χ4v) is 2.56. The second-order valence-corrected chi connectivity index (χ2v) is 3.84. The average Bonchev–Trinajstić information content (AvgIpc) is 2.37. The third kappa shape index (κ3) is 1.02. The minimum absolute atomic E-state index is 0.0197. The number of carboxylic acid groups (broad SMARTS) is 1. The quantitative estimate of drug-likeness (QED) is 0.646. The largest absolute Gasteiger partial charge is 0.488 e. The van der Waals surface area contributed by atoms with E-state index >= 15 is 0 Å². The lowest BCUT2D eigenvalue weighted by atomic mass is 10.2. The molecule has 0 aromatic rings. The van der Waals surface area contributed by atoms with Crippen molar-refractivity contribution in [3.8, 4) is 0 Å². The molecular formula is C7H7NO4S. The predicted octanol–water partition coefficient (Wildman–Crippen LogP) is 0.192. The molecule has 2 aliphatic rings. The van der Waals surface area contributed by atoms with Crippen LogP contribution in [0.2, 0.25) is 0 Å². The lowest BCUT2D eigenvalue weighted by molar-refractivity contribution is -0.145. The number of carbonyl (C=O) groups excluding carboxylic acids is 1. The Labute approximate surface area is 78.3 Å². The van der Waals surface area contributed by atoms with Crippen LogP contribution in [-0.2, 0) is 14.3 Å². The molecule has 1 fully saturated rings. The summed E-state index contributed by atoms with van der Waals surface area (Å²) in [7, 11) is 1.40. The van der Waals surface area contributed by atoms with E-state index < -0.39 is 5.97 Å². The average molecular weight is 201 g/mol. The number of aliphatic carboxylic acids is 1. The molecule has 1 N–H and O–H groups in total. The normalized spacial score (nSPS) is 25.8. The Morgan fingerprint density at radius 2 is 2.46 bits per heavy atom. The maximum absolute atomic E-state index is 11.0. The van der Waals surface area contributed by atoms with Gasteiger partial charge in [-0.2, -0.15) is 0 Å². The minimum Gasteiger partial charge on any atom is -0.488 e. The summed E-state index contributed by atoms with van der Waals surface area (Å²) in [6.45, 7) is 0. The molecule has 2 heterocycles. The Bertz CT molecular complexity index is 324. The van der Waals surface area contributed by atoms with E-state index in [0.29, 0.717) is 11.5 Å². The maximum atomic E-state index is 11.0. The van der Waals surface area contributed by atoms with Crippen molar-refractivity contribution in [2.45, 2.75) is 11.8 Å². The number of methoxy groups -OCH3 is 1. The lowest BCUT2D eigenvalue weighted by Crippen LogP contribution is -2.48. The van der Waals surface area contributed by atoms with E-state index in [9.17, 15) is 9.59 Å². The fraction of sp³-hybridized carbons (Fsp3) is 0.429. The van der Waals surface area contributed by atoms with E-state index in [-0.39, 0.29) is 17.0 Å². The highest BCUT2D eigenvalue weighted by molar-refractivity contribution is 8.03. The van der Waals surface area contributed by atoms with Crippen LogP contribution in [-0.4, -0.2) is 34.4 Å². The van der Waals surface area contributed by atoms with Crippen molar-refractivity contribution in [3.63, 3.8) is 0 Å². The van der Waals surface area contributed by atoms with Gasteiger partial charge in [-0.25, -0.2) is 4.79 Å². The Kier molecular flexibility index (Phi) is 1.73. The number of β-lactam (4-membered cyclic amide) rings is 1. The van der Waals surface area contributed by atoms with Gasteiger partial charge in [0.2, 0.25) is 5.91 Å². The number of rotatable bonds is 2. The third-order valence-electron chi connectivity index (χ3n) is 1.97. The first-order valence-electron chi connectivity index (χ1n) is 3.65. The van der Waals surface area contributed by atoms with Crippen molar-refractivity contribution in [3.05, 3.63) is 10.8 Å². The molecule has 6 heteroatoms. The molecule has 2 rings (SSSR count). The summed E-state index contributed by atoms with van der Waals surface area (Å²) in [6, 6.07) is 0. The summed E-state index contributed by atoms with van der Waals surface area (Å²) in [6.07, 6.45) is 0.397. The molecule has 0 spiro atoms. The van der Waals surface area contributed by atoms with E-state index in [2.05, 4.69) is 0 Å². The van der Waals surface area contributed by atoms with Crippen molar-refractivity contribution in [1.82, 2.24) is 4.90 Å². The van der Waals surface area contributed by atoms with E-state index in [0.717, 1.165) is 0 Å². The van der Waals surface area contributed by atoms with Crippen LogP contribution in [0, 0.1) is 0 Å². The van der Waals surface area contributed by atoms with Gasteiger partial charge in [0.1, 0.15) is 0 Å². The van der Waals surface area contributed by atoms with Gasteiger partial charge in [-0.3, -0.25) is 9.69 Å². The molecule has 0 bridgehead atoms. The van der Waals surface area contributed by atoms with Crippen molar-refractivity contribution < 1.29 is 19.4 Å². The summed E-state index contributed by atoms with van der Waals surface area (Å²) in [4.78, 5) is 23.1. The van der Waals surface area contributed by atoms with Crippen molar-refractivity contribution in [1.29, 1.82) is 0 Å². The highest BCUT2D eigenvalue weighted by Crippen LogP contribution is 2.45. The van der Waals surface area contributed by atoms with Gasteiger partial charge in [-0.15, -0.1) is 0 Å². The van der Waals surface area contributed by atoms with E-state index in [1.165, 1.54) is 23.8 Å². The molecule has 2 aliphatic heterocycles. The Morgan fingerprint density at radius 3 is 2.92 bits per heavy atom. The minimum atomic E-state index is -1.11. The molecule has 0 radical (unpaired) electrons. The molecular weight excluding hydrogens is 194 g/mol. The van der Waals surface area contributed by atoms with Crippen LogP contribution in [0.1, 0.15) is 6.42 Å². The molecule has 5 nitrogen and oxygen atoms in total. The zero-order valence-electron chi connectivity index (χ0n) is 6.81. The highest BCUT2D eigenvalue weighted by Gasteiger charge is 2.49. The molecule has 0 saturated carbocycles.